The second-order valence-electron chi connectivity index (χ2n) is 5.32. The highest BCUT2D eigenvalue weighted by Crippen LogP contribution is 2.29. The van der Waals surface area contributed by atoms with Gasteiger partial charge in [-0.25, -0.2) is 8.42 Å². The SMILES string of the molecule is CN(CCS(C)(=O)=O)C1CCCC(N)(C(=O)O)C1. The highest BCUT2D eigenvalue weighted by atomic mass is 32.2. The summed E-state index contributed by atoms with van der Waals surface area (Å²) in [4.78, 5) is 13.0. The van der Waals surface area contributed by atoms with E-state index in [2.05, 4.69) is 0 Å². The molecule has 2 unspecified atom stereocenters. The summed E-state index contributed by atoms with van der Waals surface area (Å²) >= 11 is 0. The number of rotatable bonds is 5. The molecule has 0 amide bonds. The molecular formula is C11H22N2O4S. The molecule has 1 aliphatic rings. The molecule has 3 N–H and O–H groups in total. The average molecular weight is 278 g/mol. The van der Waals surface area contributed by atoms with Gasteiger partial charge >= 0.3 is 5.97 Å². The molecule has 1 aliphatic carbocycles. The Morgan fingerprint density at radius 3 is 2.67 bits per heavy atom. The van der Waals surface area contributed by atoms with Crippen LogP contribution in [0, 0.1) is 0 Å². The molecule has 6 nitrogen and oxygen atoms in total. The molecule has 0 aromatic carbocycles. The molecule has 0 heterocycles. The molecule has 0 aromatic heterocycles. The first-order valence-electron chi connectivity index (χ1n) is 6.04. The van der Waals surface area contributed by atoms with Crippen molar-refractivity contribution in [2.24, 2.45) is 5.73 Å². The topological polar surface area (TPSA) is 101 Å². The number of carbonyl (C=O) groups is 1. The Kier molecular flexibility index (Phi) is 4.74. The summed E-state index contributed by atoms with van der Waals surface area (Å²) in [6.07, 6.45) is 3.69. The van der Waals surface area contributed by atoms with Crippen LogP contribution in [0.4, 0.5) is 0 Å². The molecule has 0 bridgehead atoms. The van der Waals surface area contributed by atoms with Crippen LogP contribution in [-0.2, 0) is 14.6 Å². The van der Waals surface area contributed by atoms with Gasteiger partial charge in [-0.05, 0) is 32.7 Å². The van der Waals surface area contributed by atoms with Gasteiger partial charge in [0.2, 0.25) is 0 Å². The molecule has 106 valence electrons. The van der Waals surface area contributed by atoms with Crippen LogP contribution in [-0.4, -0.2) is 61.6 Å². The van der Waals surface area contributed by atoms with Gasteiger partial charge in [-0.15, -0.1) is 0 Å². The molecule has 0 aromatic rings. The molecule has 1 rings (SSSR count). The van der Waals surface area contributed by atoms with E-state index in [0.717, 1.165) is 12.8 Å². The van der Waals surface area contributed by atoms with Crippen LogP contribution >= 0.6 is 0 Å². The smallest absolute Gasteiger partial charge is 0.323 e. The third-order valence-electron chi connectivity index (χ3n) is 3.62. The van der Waals surface area contributed by atoms with Crippen LogP contribution in [0.3, 0.4) is 0 Å². The Hall–Kier alpha value is -0.660. The number of carboxylic acids is 1. The predicted octanol–water partition coefficient (Wildman–Crippen LogP) is -0.312. The summed E-state index contributed by atoms with van der Waals surface area (Å²) < 4.78 is 22.2. The minimum absolute atomic E-state index is 0.0431. The van der Waals surface area contributed by atoms with Crippen LogP contribution in [0.2, 0.25) is 0 Å². The molecule has 18 heavy (non-hydrogen) atoms. The second-order valence-corrected chi connectivity index (χ2v) is 7.58. The minimum Gasteiger partial charge on any atom is -0.480 e. The fourth-order valence-electron chi connectivity index (χ4n) is 2.34. The van der Waals surface area contributed by atoms with Crippen LogP contribution in [0.1, 0.15) is 25.7 Å². The normalized spacial score (nSPS) is 29.4. The van der Waals surface area contributed by atoms with E-state index in [1.54, 1.807) is 0 Å². The van der Waals surface area contributed by atoms with Crippen LogP contribution in [0.25, 0.3) is 0 Å². The van der Waals surface area contributed by atoms with Gasteiger partial charge in [-0.3, -0.25) is 4.79 Å². The third-order valence-corrected chi connectivity index (χ3v) is 4.55. The first kappa shape index (κ1) is 15.4. The molecule has 0 spiro atoms. The second kappa shape index (κ2) is 5.54. The van der Waals surface area contributed by atoms with Crippen LogP contribution < -0.4 is 5.73 Å². The predicted molar refractivity (Wildman–Crippen MR) is 69.2 cm³/mol. The van der Waals surface area contributed by atoms with Gasteiger partial charge in [-0.2, -0.15) is 0 Å². The minimum atomic E-state index is -2.99. The molecule has 2 atom stereocenters. The highest BCUT2D eigenvalue weighted by molar-refractivity contribution is 7.90. The first-order valence-corrected chi connectivity index (χ1v) is 8.10. The highest BCUT2D eigenvalue weighted by Gasteiger charge is 2.40. The van der Waals surface area contributed by atoms with Crippen LogP contribution in [0.5, 0.6) is 0 Å². The van der Waals surface area contributed by atoms with E-state index in [4.69, 9.17) is 10.8 Å². The Labute approximate surface area is 108 Å². The number of hydrogen-bond acceptors (Lipinski definition) is 5. The van der Waals surface area contributed by atoms with Gasteiger partial charge in [-0.1, -0.05) is 0 Å². The summed E-state index contributed by atoms with van der Waals surface area (Å²) in [5.41, 5.74) is 4.70. The zero-order chi connectivity index (χ0) is 14.0. The lowest BCUT2D eigenvalue weighted by molar-refractivity contribution is -0.145. The fraction of sp³-hybridized carbons (Fsp3) is 0.909. The van der Waals surface area contributed by atoms with Crippen molar-refractivity contribution < 1.29 is 18.3 Å². The summed E-state index contributed by atoms with van der Waals surface area (Å²) in [6.45, 7) is 0.416. The van der Waals surface area contributed by atoms with Gasteiger partial charge in [0.15, 0.2) is 0 Å². The van der Waals surface area contributed by atoms with E-state index in [-0.39, 0.29) is 11.8 Å². The molecule has 0 radical (unpaired) electrons. The van der Waals surface area contributed by atoms with Crippen molar-refractivity contribution in [2.75, 3.05) is 25.6 Å². The molecule has 0 saturated heterocycles. The van der Waals surface area contributed by atoms with E-state index in [1.807, 2.05) is 11.9 Å². The maximum absolute atomic E-state index is 11.1. The number of carboxylic acid groups (broad SMARTS) is 1. The number of nitrogens with zero attached hydrogens (tertiary/aromatic N) is 1. The molecule has 7 heteroatoms. The van der Waals surface area contributed by atoms with E-state index < -0.39 is 21.3 Å². The van der Waals surface area contributed by atoms with E-state index >= 15 is 0 Å². The fourth-order valence-corrected chi connectivity index (χ4v) is 2.96. The largest absolute Gasteiger partial charge is 0.480 e. The lowest BCUT2D eigenvalue weighted by Crippen LogP contribution is -2.55. The summed E-state index contributed by atoms with van der Waals surface area (Å²) in [6, 6.07) is 0.0431. The lowest BCUT2D eigenvalue weighted by atomic mass is 9.79. The monoisotopic (exact) mass is 278 g/mol. The number of sulfone groups is 1. The number of hydrogen-bond donors (Lipinski definition) is 2. The standard InChI is InChI=1S/C11H22N2O4S/c1-13(6-7-18(2,16)17)9-4-3-5-11(12,8-9)10(14)15/h9H,3-8,12H2,1-2H3,(H,14,15). The van der Waals surface area contributed by atoms with Gasteiger partial charge in [0.1, 0.15) is 15.4 Å². The van der Waals surface area contributed by atoms with Gasteiger partial charge in [0, 0.05) is 18.8 Å². The van der Waals surface area contributed by atoms with Crippen molar-refractivity contribution in [3.63, 3.8) is 0 Å². The lowest BCUT2D eigenvalue weighted by Gasteiger charge is -2.39. The van der Waals surface area contributed by atoms with Gasteiger partial charge in [0.05, 0.1) is 5.75 Å². The van der Waals surface area contributed by atoms with Crippen molar-refractivity contribution in [1.29, 1.82) is 0 Å². The first-order chi connectivity index (χ1) is 8.14. The number of aliphatic carboxylic acids is 1. The van der Waals surface area contributed by atoms with Crippen molar-refractivity contribution in [2.45, 2.75) is 37.3 Å². The van der Waals surface area contributed by atoms with Gasteiger partial charge < -0.3 is 15.7 Å². The van der Waals surface area contributed by atoms with Crippen LogP contribution in [0.15, 0.2) is 0 Å². The van der Waals surface area contributed by atoms with Crippen molar-refractivity contribution >= 4 is 15.8 Å². The van der Waals surface area contributed by atoms with Crippen molar-refractivity contribution in [3.8, 4) is 0 Å². The maximum atomic E-state index is 11.1. The zero-order valence-electron chi connectivity index (χ0n) is 10.9. The quantitative estimate of drug-likeness (QED) is 0.715. The molecular weight excluding hydrogens is 256 g/mol. The maximum Gasteiger partial charge on any atom is 0.323 e. The summed E-state index contributed by atoms with van der Waals surface area (Å²) in [5, 5.41) is 9.12. The van der Waals surface area contributed by atoms with Crippen molar-refractivity contribution in [3.05, 3.63) is 0 Å². The molecule has 1 saturated carbocycles. The third kappa shape index (κ3) is 4.22. The Morgan fingerprint density at radius 1 is 1.56 bits per heavy atom. The summed E-state index contributed by atoms with van der Waals surface area (Å²) in [5.74, 6) is -0.881. The van der Waals surface area contributed by atoms with E-state index in [9.17, 15) is 13.2 Å². The molecule has 1 fully saturated rings. The Balaban J connectivity index is 2.59. The van der Waals surface area contributed by atoms with Crippen molar-refractivity contribution in [1.82, 2.24) is 4.90 Å². The summed E-state index contributed by atoms with van der Waals surface area (Å²) in [7, 11) is -1.17. The van der Waals surface area contributed by atoms with Gasteiger partial charge in [0.25, 0.3) is 0 Å². The van der Waals surface area contributed by atoms with E-state index in [1.165, 1.54) is 6.26 Å². The zero-order valence-corrected chi connectivity index (χ0v) is 11.7. The Morgan fingerprint density at radius 2 is 2.17 bits per heavy atom. The van der Waals surface area contributed by atoms with E-state index in [0.29, 0.717) is 19.4 Å². The Bertz CT molecular complexity index is 409. The number of nitrogens with two attached hydrogens (primary N) is 1. The average Bonchev–Trinajstić information content (AvgIpc) is 2.24. The molecule has 0 aliphatic heterocycles.